The number of hydrogen-bond acceptors (Lipinski definition) is 6. The van der Waals surface area contributed by atoms with Crippen molar-refractivity contribution < 1.29 is 9.32 Å². The highest BCUT2D eigenvalue weighted by molar-refractivity contribution is 5.75. The van der Waals surface area contributed by atoms with Crippen molar-refractivity contribution in [3.05, 3.63) is 58.4 Å². The average Bonchev–Trinajstić information content (AvgIpc) is 3.24. The van der Waals surface area contributed by atoms with Crippen molar-refractivity contribution >= 4 is 5.91 Å². The van der Waals surface area contributed by atoms with Crippen LogP contribution >= 0.6 is 0 Å². The number of amides is 1. The van der Waals surface area contributed by atoms with Crippen LogP contribution in [0.25, 0.3) is 5.69 Å². The molecule has 3 aromatic rings. The lowest BCUT2D eigenvalue weighted by atomic mass is 10.3. The highest BCUT2D eigenvalue weighted by atomic mass is 16.5. The van der Waals surface area contributed by atoms with E-state index < -0.39 is 0 Å². The van der Waals surface area contributed by atoms with Crippen LogP contribution in [-0.4, -0.2) is 41.8 Å². The lowest BCUT2D eigenvalue weighted by Gasteiger charge is -2.18. The summed E-state index contributed by atoms with van der Waals surface area (Å²) in [6.07, 6.45) is 0.662. The minimum Gasteiger partial charge on any atom is -0.337 e. The molecule has 0 aliphatic carbocycles. The smallest absolute Gasteiger partial charge is 0.337 e. The van der Waals surface area contributed by atoms with Crippen LogP contribution in [0, 0.1) is 6.92 Å². The molecule has 0 bridgehead atoms. The molecule has 0 atom stereocenters. The molecule has 9 heteroatoms. The van der Waals surface area contributed by atoms with E-state index >= 15 is 0 Å². The molecular weight excluding hydrogens is 348 g/mol. The predicted octanol–water partition coefficient (Wildman–Crippen LogP) is 1.34. The molecule has 1 aromatic carbocycles. The molecule has 0 unspecified atom stereocenters. The quantitative estimate of drug-likeness (QED) is 0.622. The number of aromatic nitrogens is 5. The van der Waals surface area contributed by atoms with Crippen LogP contribution < -0.4 is 5.69 Å². The minimum atomic E-state index is -0.353. The summed E-state index contributed by atoms with van der Waals surface area (Å²) in [5.74, 6) is 1.25. The van der Waals surface area contributed by atoms with Gasteiger partial charge in [0, 0.05) is 13.0 Å². The molecule has 0 N–H and O–H groups in total. The summed E-state index contributed by atoms with van der Waals surface area (Å²) in [7, 11) is 0. The zero-order valence-corrected chi connectivity index (χ0v) is 15.6. The second-order valence-electron chi connectivity index (χ2n) is 6.02. The van der Waals surface area contributed by atoms with Gasteiger partial charge in [-0.1, -0.05) is 30.3 Å². The molecule has 0 radical (unpaired) electrons. The Hall–Kier alpha value is -3.23. The topological polar surface area (TPSA) is 99.0 Å². The van der Waals surface area contributed by atoms with Gasteiger partial charge in [0.1, 0.15) is 18.9 Å². The van der Waals surface area contributed by atoms with Crippen LogP contribution in [-0.2, 0) is 24.3 Å². The molecule has 0 saturated carbocycles. The van der Waals surface area contributed by atoms with E-state index in [0.717, 1.165) is 0 Å². The summed E-state index contributed by atoms with van der Waals surface area (Å²) in [4.78, 5) is 31.1. The number of nitrogens with zero attached hydrogens (tertiary/aromatic N) is 6. The Kier molecular flexibility index (Phi) is 5.49. The van der Waals surface area contributed by atoms with Crippen LogP contribution in [0.3, 0.4) is 0 Å². The van der Waals surface area contributed by atoms with Gasteiger partial charge in [-0.2, -0.15) is 10.1 Å². The Labute approximate surface area is 156 Å². The Morgan fingerprint density at radius 1 is 1.22 bits per heavy atom. The lowest BCUT2D eigenvalue weighted by molar-refractivity contribution is -0.132. The summed E-state index contributed by atoms with van der Waals surface area (Å²) < 4.78 is 7.81. The van der Waals surface area contributed by atoms with Gasteiger partial charge >= 0.3 is 5.69 Å². The molecule has 0 saturated heterocycles. The molecule has 1 amide bonds. The molecule has 27 heavy (non-hydrogen) atoms. The molecular formula is C18H22N6O3. The first kappa shape index (κ1) is 18.6. The SMILES string of the molecule is CCc1noc(CN(CC)C(=O)Cn2nc(C)n(-c3ccccc3)c2=O)n1. The maximum atomic E-state index is 12.7. The van der Waals surface area contributed by atoms with Crippen molar-refractivity contribution in [1.29, 1.82) is 0 Å². The highest BCUT2D eigenvalue weighted by Gasteiger charge is 2.20. The number of likely N-dealkylation sites (N-methyl/N-ethyl adjacent to an activating group) is 1. The Balaban J connectivity index is 1.77. The zero-order valence-electron chi connectivity index (χ0n) is 15.6. The number of aryl methyl sites for hydroxylation is 2. The summed E-state index contributed by atoms with van der Waals surface area (Å²) in [5.41, 5.74) is 0.359. The van der Waals surface area contributed by atoms with Gasteiger partial charge in [0.25, 0.3) is 0 Å². The Morgan fingerprint density at radius 3 is 2.59 bits per heavy atom. The van der Waals surface area contributed by atoms with Gasteiger partial charge in [-0.3, -0.25) is 4.79 Å². The van der Waals surface area contributed by atoms with Crippen LogP contribution in [0.5, 0.6) is 0 Å². The largest absolute Gasteiger partial charge is 0.351 e. The molecule has 0 aliphatic heterocycles. The maximum absolute atomic E-state index is 12.7. The van der Waals surface area contributed by atoms with Crippen molar-refractivity contribution in [2.24, 2.45) is 0 Å². The summed E-state index contributed by atoms with van der Waals surface area (Å²) in [6, 6.07) is 9.20. The number of carbonyl (C=O) groups is 1. The van der Waals surface area contributed by atoms with Gasteiger partial charge in [-0.05, 0) is 26.0 Å². The number of rotatable bonds is 7. The van der Waals surface area contributed by atoms with Crippen molar-refractivity contribution in [2.75, 3.05) is 6.54 Å². The van der Waals surface area contributed by atoms with Gasteiger partial charge in [0.2, 0.25) is 11.8 Å². The first-order valence-corrected chi connectivity index (χ1v) is 8.84. The normalized spacial score (nSPS) is 10.9. The van der Waals surface area contributed by atoms with Crippen molar-refractivity contribution in [2.45, 2.75) is 40.3 Å². The first-order chi connectivity index (χ1) is 13.0. The van der Waals surface area contributed by atoms with E-state index in [1.54, 1.807) is 11.8 Å². The van der Waals surface area contributed by atoms with Crippen LogP contribution in [0.1, 0.15) is 31.4 Å². The summed E-state index contributed by atoms with van der Waals surface area (Å²) in [6.45, 7) is 6.02. The fourth-order valence-electron chi connectivity index (χ4n) is 2.76. The second-order valence-corrected chi connectivity index (χ2v) is 6.02. The minimum absolute atomic E-state index is 0.151. The molecule has 0 aliphatic rings. The first-order valence-electron chi connectivity index (χ1n) is 8.84. The van der Waals surface area contributed by atoms with E-state index in [4.69, 9.17) is 4.52 Å². The van der Waals surface area contributed by atoms with E-state index in [1.165, 1.54) is 9.25 Å². The van der Waals surface area contributed by atoms with Crippen LogP contribution in [0.2, 0.25) is 0 Å². The molecule has 0 spiro atoms. The molecule has 142 valence electrons. The number of benzene rings is 1. The van der Waals surface area contributed by atoms with Crippen molar-refractivity contribution in [3.8, 4) is 5.69 Å². The van der Waals surface area contributed by atoms with E-state index in [2.05, 4.69) is 15.2 Å². The fourth-order valence-corrected chi connectivity index (χ4v) is 2.76. The zero-order chi connectivity index (χ0) is 19.4. The monoisotopic (exact) mass is 370 g/mol. The number of hydrogen-bond donors (Lipinski definition) is 0. The second kappa shape index (κ2) is 7.98. The predicted molar refractivity (Wildman–Crippen MR) is 97.3 cm³/mol. The summed E-state index contributed by atoms with van der Waals surface area (Å²) >= 11 is 0. The number of carbonyl (C=O) groups excluding carboxylic acids is 1. The molecule has 2 heterocycles. The van der Waals surface area contributed by atoms with E-state index in [9.17, 15) is 9.59 Å². The van der Waals surface area contributed by atoms with Gasteiger partial charge < -0.3 is 9.42 Å². The number of para-hydroxylation sites is 1. The maximum Gasteiger partial charge on any atom is 0.351 e. The molecule has 9 nitrogen and oxygen atoms in total. The molecule has 0 fully saturated rings. The molecule has 2 aromatic heterocycles. The Bertz CT molecular complexity index is 973. The third-order valence-corrected chi connectivity index (χ3v) is 4.19. The Morgan fingerprint density at radius 2 is 1.96 bits per heavy atom. The van der Waals surface area contributed by atoms with Gasteiger partial charge in [0.15, 0.2) is 5.82 Å². The van der Waals surface area contributed by atoms with E-state index in [0.29, 0.717) is 36.2 Å². The van der Waals surface area contributed by atoms with Gasteiger partial charge in [0.05, 0.1) is 5.69 Å². The van der Waals surface area contributed by atoms with Gasteiger partial charge in [-0.25, -0.2) is 14.0 Å². The van der Waals surface area contributed by atoms with Gasteiger partial charge in [-0.15, -0.1) is 0 Å². The van der Waals surface area contributed by atoms with Crippen molar-refractivity contribution in [3.63, 3.8) is 0 Å². The van der Waals surface area contributed by atoms with Crippen molar-refractivity contribution in [1.82, 2.24) is 29.4 Å². The third kappa shape index (κ3) is 3.97. The third-order valence-electron chi connectivity index (χ3n) is 4.19. The standard InChI is InChI=1S/C18H22N6O3/c1-4-15-19-16(27-21-15)11-22(5-2)17(25)12-23-18(26)24(13(3)20-23)14-9-7-6-8-10-14/h6-10H,4-5,11-12H2,1-3H3. The van der Waals surface area contributed by atoms with E-state index in [1.807, 2.05) is 44.2 Å². The lowest BCUT2D eigenvalue weighted by Crippen LogP contribution is -2.36. The summed E-state index contributed by atoms with van der Waals surface area (Å²) in [5, 5.41) is 8.07. The van der Waals surface area contributed by atoms with Crippen LogP contribution in [0.15, 0.2) is 39.6 Å². The average molecular weight is 370 g/mol. The van der Waals surface area contributed by atoms with E-state index in [-0.39, 0.29) is 24.7 Å². The fraction of sp³-hybridized carbons (Fsp3) is 0.389. The highest BCUT2D eigenvalue weighted by Crippen LogP contribution is 2.07. The van der Waals surface area contributed by atoms with Crippen LogP contribution in [0.4, 0.5) is 0 Å². The molecule has 3 rings (SSSR count).